The first-order valence-electron chi connectivity index (χ1n) is 11.8. The van der Waals surface area contributed by atoms with Gasteiger partial charge in [0.25, 0.3) is 0 Å². The molecule has 0 heterocycles. The number of fused-ring (bicyclic) bond motifs is 5. The molecule has 0 N–H and O–H groups in total. The van der Waals surface area contributed by atoms with Gasteiger partial charge < -0.3 is 18.9 Å². The zero-order chi connectivity index (χ0) is 24.8. The fraction of sp³-hybridized carbons (Fsp3) is 0.615. The number of hydrogen-bond acceptors (Lipinski definition) is 8. The van der Waals surface area contributed by atoms with Crippen molar-refractivity contribution < 1.29 is 38.1 Å². The summed E-state index contributed by atoms with van der Waals surface area (Å²) in [5.41, 5.74) is 1.44. The van der Waals surface area contributed by atoms with Gasteiger partial charge in [-0.2, -0.15) is 0 Å². The summed E-state index contributed by atoms with van der Waals surface area (Å²) in [5.74, 6) is -1.29. The molecule has 0 bridgehead atoms. The van der Waals surface area contributed by atoms with Gasteiger partial charge >= 0.3 is 23.9 Å². The van der Waals surface area contributed by atoms with Crippen molar-refractivity contribution >= 4 is 23.9 Å². The lowest BCUT2D eigenvalue weighted by molar-refractivity contribution is -0.184. The number of hydrogen-bond donors (Lipinski definition) is 0. The maximum absolute atomic E-state index is 12.2. The van der Waals surface area contributed by atoms with E-state index in [2.05, 4.69) is 6.92 Å². The number of benzene rings is 1. The normalized spacial score (nSPS) is 33.6. The van der Waals surface area contributed by atoms with E-state index >= 15 is 0 Å². The Balaban J connectivity index is 1.82. The van der Waals surface area contributed by atoms with E-state index in [1.54, 1.807) is 12.1 Å². The molecule has 4 rings (SSSR count). The predicted octanol–water partition coefficient (Wildman–Crippen LogP) is 4.00. The standard InChI is InChI=1S/C26H32O8/c1-13(27)31-17-6-7-18-19-10-11-26(5)21(8-9-22(26)32-14(2)28)23(19)25(34-16(4)30)24(20(18)12-17)33-15(3)29/h6-7,12,19,21-25H,8-11H2,1-5H3/t19-,21+,22+,23-,24+,25+,26+/m1/s1. The highest BCUT2D eigenvalue weighted by molar-refractivity contribution is 5.70. The van der Waals surface area contributed by atoms with E-state index in [-0.39, 0.29) is 35.2 Å². The number of carbonyl (C=O) groups excluding carboxylic acids is 4. The van der Waals surface area contributed by atoms with Gasteiger partial charge in [-0.15, -0.1) is 0 Å². The minimum Gasteiger partial charge on any atom is -0.462 e. The predicted molar refractivity (Wildman–Crippen MR) is 120 cm³/mol. The minimum absolute atomic E-state index is 0.0617. The van der Waals surface area contributed by atoms with Crippen LogP contribution in [-0.4, -0.2) is 36.1 Å². The maximum Gasteiger partial charge on any atom is 0.308 e. The molecule has 184 valence electrons. The maximum atomic E-state index is 12.2. The van der Waals surface area contributed by atoms with Gasteiger partial charge in [0.15, 0.2) is 6.10 Å². The van der Waals surface area contributed by atoms with Gasteiger partial charge in [0.2, 0.25) is 0 Å². The molecule has 3 aliphatic rings. The lowest BCUT2D eigenvalue weighted by Gasteiger charge is -2.53. The van der Waals surface area contributed by atoms with Crippen LogP contribution in [0, 0.1) is 17.3 Å². The van der Waals surface area contributed by atoms with Gasteiger partial charge in [0.05, 0.1) is 0 Å². The summed E-state index contributed by atoms with van der Waals surface area (Å²) in [7, 11) is 0. The van der Waals surface area contributed by atoms with E-state index in [1.807, 2.05) is 6.07 Å². The Morgan fingerprint density at radius 2 is 1.50 bits per heavy atom. The zero-order valence-electron chi connectivity index (χ0n) is 20.3. The topological polar surface area (TPSA) is 105 Å². The van der Waals surface area contributed by atoms with Crippen LogP contribution in [0.4, 0.5) is 0 Å². The summed E-state index contributed by atoms with van der Waals surface area (Å²) in [6.07, 6.45) is 1.49. The highest BCUT2D eigenvalue weighted by Crippen LogP contribution is 2.63. The Labute approximate surface area is 199 Å². The quantitative estimate of drug-likeness (QED) is 0.368. The molecular formula is C26H32O8. The molecule has 7 atom stereocenters. The van der Waals surface area contributed by atoms with Crippen LogP contribution in [0.5, 0.6) is 5.75 Å². The van der Waals surface area contributed by atoms with Crippen molar-refractivity contribution in [3.05, 3.63) is 29.3 Å². The smallest absolute Gasteiger partial charge is 0.308 e. The van der Waals surface area contributed by atoms with Gasteiger partial charge in [0, 0.05) is 44.6 Å². The lowest BCUT2D eigenvalue weighted by atomic mass is 9.54. The molecule has 0 radical (unpaired) electrons. The summed E-state index contributed by atoms with van der Waals surface area (Å²) >= 11 is 0. The number of esters is 4. The second-order valence-electron chi connectivity index (χ2n) is 10.00. The van der Waals surface area contributed by atoms with Crippen molar-refractivity contribution in [1.29, 1.82) is 0 Å². The lowest BCUT2D eigenvalue weighted by Crippen LogP contribution is -2.52. The van der Waals surface area contributed by atoms with Crippen molar-refractivity contribution in [1.82, 2.24) is 0 Å². The summed E-state index contributed by atoms with van der Waals surface area (Å²) in [6, 6.07) is 5.38. The Bertz CT molecular complexity index is 1020. The monoisotopic (exact) mass is 472 g/mol. The van der Waals surface area contributed by atoms with E-state index in [4.69, 9.17) is 18.9 Å². The van der Waals surface area contributed by atoms with Gasteiger partial charge in [0.1, 0.15) is 18.0 Å². The van der Waals surface area contributed by atoms with Crippen molar-refractivity contribution in [2.45, 2.75) is 84.5 Å². The highest BCUT2D eigenvalue weighted by atomic mass is 16.6. The van der Waals surface area contributed by atoms with Crippen molar-refractivity contribution in [2.75, 3.05) is 0 Å². The zero-order valence-corrected chi connectivity index (χ0v) is 20.3. The third-order valence-electron chi connectivity index (χ3n) is 7.85. The summed E-state index contributed by atoms with van der Waals surface area (Å²) in [4.78, 5) is 47.7. The van der Waals surface area contributed by atoms with E-state index < -0.39 is 30.1 Å². The first-order chi connectivity index (χ1) is 16.0. The molecule has 3 aliphatic carbocycles. The number of carbonyl (C=O) groups is 4. The third kappa shape index (κ3) is 4.30. The molecule has 1 aromatic rings. The van der Waals surface area contributed by atoms with Gasteiger partial charge in [-0.3, -0.25) is 19.2 Å². The molecule has 0 aliphatic heterocycles. The Kier molecular flexibility index (Phi) is 6.44. The van der Waals surface area contributed by atoms with Crippen molar-refractivity contribution in [3.8, 4) is 5.75 Å². The molecule has 8 heteroatoms. The average Bonchev–Trinajstić information content (AvgIpc) is 3.04. The van der Waals surface area contributed by atoms with Crippen molar-refractivity contribution in [2.24, 2.45) is 17.3 Å². The van der Waals surface area contributed by atoms with Gasteiger partial charge in [-0.25, -0.2) is 0 Å². The fourth-order valence-corrected chi connectivity index (χ4v) is 6.75. The van der Waals surface area contributed by atoms with Gasteiger partial charge in [-0.05, 0) is 55.2 Å². The molecular weight excluding hydrogens is 440 g/mol. The second-order valence-corrected chi connectivity index (χ2v) is 10.00. The first kappa shape index (κ1) is 24.2. The Hall–Kier alpha value is -2.90. The molecule has 2 saturated carbocycles. The molecule has 8 nitrogen and oxygen atoms in total. The van der Waals surface area contributed by atoms with Crippen LogP contribution in [0.2, 0.25) is 0 Å². The number of rotatable bonds is 4. The van der Waals surface area contributed by atoms with E-state index in [0.29, 0.717) is 11.3 Å². The first-order valence-corrected chi connectivity index (χ1v) is 11.8. The molecule has 0 unspecified atom stereocenters. The Morgan fingerprint density at radius 3 is 2.12 bits per heavy atom. The average molecular weight is 473 g/mol. The van der Waals surface area contributed by atoms with E-state index in [1.165, 1.54) is 27.7 Å². The molecule has 0 amide bonds. The third-order valence-corrected chi connectivity index (χ3v) is 7.85. The van der Waals surface area contributed by atoms with Crippen LogP contribution in [0.25, 0.3) is 0 Å². The van der Waals surface area contributed by atoms with Crippen LogP contribution >= 0.6 is 0 Å². The summed E-state index contributed by atoms with van der Waals surface area (Å²) in [6.45, 7) is 7.58. The van der Waals surface area contributed by atoms with Crippen molar-refractivity contribution in [3.63, 3.8) is 0 Å². The largest absolute Gasteiger partial charge is 0.462 e. The van der Waals surface area contributed by atoms with Crippen LogP contribution < -0.4 is 4.74 Å². The molecule has 0 aromatic heterocycles. The second kappa shape index (κ2) is 9.04. The SMILES string of the molecule is CC(=O)Oc1ccc2c(c1)[C@H](OC(C)=O)[C@@H](OC(C)=O)[C@@H]1[C@@H]2CC[C@]2(C)[C@@H](OC(C)=O)CC[C@@H]12. The number of ether oxygens (including phenoxy) is 4. The molecule has 2 fully saturated rings. The molecule has 1 aromatic carbocycles. The van der Waals surface area contributed by atoms with Gasteiger partial charge in [-0.1, -0.05) is 13.0 Å². The minimum atomic E-state index is -0.830. The summed E-state index contributed by atoms with van der Waals surface area (Å²) < 4.78 is 22.7. The van der Waals surface area contributed by atoms with Crippen LogP contribution in [0.15, 0.2) is 18.2 Å². The highest BCUT2D eigenvalue weighted by Gasteiger charge is 2.61. The van der Waals surface area contributed by atoms with Crippen LogP contribution in [-0.2, 0) is 33.4 Å². The molecule has 0 spiro atoms. The molecule has 34 heavy (non-hydrogen) atoms. The van der Waals surface area contributed by atoms with E-state index in [9.17, 15) is 19.2 Å². The molecule has 0 saturated heterocycles. The fourth-order valence-electron chi connectivity index (χ4n) is 6.75. The summed E-state index contributed by atoms with van der Waals surface area (Å²) in [5, 5.41) is 0. The van der Waals surface area contributed by atoms with E-state index in [0.717, 1.165) is 31.2 Å². The Morgan fingerprint density at radius 1 is 0.824 bits per heavy atom. The van der Waals surface area contributed by atoms with Crippen LogP contribution in [0.3, 0.4) is 0 Å². The van der Waals surface area contributed by atoms with Crippen LogP contribution in [0.1, 0.15) is 83.5 Å².